The van der Waals surface area contributed by atoms with Gasteiger partial charge in [-0.1, -0.05) is 11.3 Å². The topological polar surface area (TPSA) is 80.7 Å². The molecule has 3 heterocycles. The van der Waals surface area contributed by atoms with Gasteiger partial charge in [-0.3, -0.25) is 14.8 Å². The number of nitrogens with zero attached hydrogens (tertiary/aromatic N) is 4. The molecule has 0 unspecified atom stereocenters. The van der Waals surface area contributed by atoms with E-state index in [4.69, 9.17) is 0 Å². The van der Waals surface area contributed by atoms with E-state index in [2.05, 4.69) is 25.5 Å². The molecular weight excluding hydrogens is 420 g/mol. The van der Waals surface area contributed by atoms with Gasteiger partial charge < -0.3 is 5.32 Å². The maximum atomic E-state index is 12.8. The third-order valence-electron chi connectivity index (χ3n) is 5.79. The molecule has 1 fully saturated rings. The molecule has 0 saturated heterocycles. The summed E-state index contributed by atoms with van der Waals surface area (Å²) in [6.45, 7) is 0.484. The Labute approximate surface area is 183 Å². The van der Waals surface area contributed by atoms with Crippen molar-refractivity contribution in [2.24, 2.45) is 5.92 Å². The predicted octanol–water partition coefficient (Wildman–Crippen LogP) is 4.02. The number of nitrogens with one attached hydrogen (secondary N) is 1. The van der Waals surface area contributed by atoms with Gasteiger partial charge in [-0.15, -0.1) is 10.2 Å². The minimum Gasteiger partial charge on any atom is -0.306 e. The van der Waals surface area contributed by atoms with Gasteiger partial charge in [-0.05, 0) is 50.1 Å². The zero-order valence-corrected chi connectivity index (χ0v) is 18.2. The van der Waals surface area contributed by atoms with Crippen molar-refractivity contribution >= 4 is 27.9 Å². The Morgan fingerprint density at radius 2 is 1.84 bits per heavy atom. The van der Waals surface area contributed by atoms with E-state index in [0.717, 1.165) is 57.9 Å². The molecule has 3 aromatic heterocycles. The predicted molar refractivity (Wildman–Crippen MR) is 117 cm³/mol. The number of ketones is 1. The number of aryl methyl sites for hydroxylation is 1. The number of aromatic nitrogens is 4. The van der Waals surface area contributed by atoms with Gasteiger partial charge >= 0.3 is 0 Å². The average Bonchev–Trinajstić information content (AvgIpc) is 3.23. The average molecular weight is 446 g/mol. The van der Waals surface area contributed by atoms with Crippen molar-refractivity contribution in [3.05, 3.63) is 35.2 Å². The molecule has 1 N–H and O–H groups in total. The van der Waals surface area contributed by atoms with Gasteiger partial charge in [-0.25, -0.2) is 8.78 Å². The summed E-state index contributed by atoms with van der Waals surface area (Å²) in [4.78, 5) is 21.7. The molecule has 9 heteroatoms. The van der Waals surface area contributed by atoms with Gasteiger partial charge in [0.15, 0.2) is 5.01 Å². The van der Waals surface area contributed by atoms with Crippen LogP contribution in [0.4, 0.5) is 8.78 Å². The van der Waals surface area contributed by atoms with Crippen LogP contribution in [0.1, 0.15) is 36.4 Å². The Bertz CT molecular complexity index is 1050. The molecule has 0 aliphatic heterocycles. The van der Waals surface area contributed by atoms with Crippen LogP contribution < -0.4 is 5.32 Å². The van der Waals surface area contributed by atoms with Crippen LogP contribution in [0.25, 0.3) is 21.5 Å². The number of rotatable bonds is 8. The summed E-state index contributed by atoms with van der Waals surface area (Å²) in [5.74, 6) is 0.147. The van der Waals surface area contributed by atoms with Crippen LogP contribution >= 0.6 is 11.3 Å². The second-order valence-corrected chi connectivity index (χ2v) is 9.26. The molecule has 0 radical (unpaired) electrons. The number of hydrogen-bond acceptors (Lipinski definition) is 7. The summed E-state index contributed by atoms with van der Waals surface area (Å²) in [7, 11) is 0. The van der Waals surface area contributed by atoms with Gasteiger partial charge in [0.05, 0.1) is 6.04 Å². The first-order valence-corrected chi connectivity index (χ1v) is 11.3. The van der Waals surface area contributed by atoms with E-state index in [9.17, 15) is 13.6 Å². The van der Waals surface area contributed by atoms with E-state index in [1.54, 1.807) is 12.4 Å². The van der Waals surface area contributed by atoms with Crippen LogP contribution in [0.3, 0.4) is 0 Å². The second-order valence-electron chi connectivity index (χ2n) is 8.08. The lowest BCUT2D eigenvalue weighted by molar-refractivity contribution is -0.123. The third kappa shape index (κ3) is 5.27. The fourth-order valence-electron chi connectivity index (χ4n) is 4.07. The third-order valence-corrected chi connectivity index (χ3v) is 6.65. The molecule has 31 heavy (non-hydrogen) atoms. The van der Waals surface area contributed by atoms with Crippen molar-refractivity contribution in [1.82, 2.24) is 25.5 Å². The summed E-state index contributed by atoms with van der Waals surface area (Å²) < 4.78 is 25.4. The van der Waals surface area contributed by atoms with E-state index < -0.39 is 19.4 Å². The fourth-order valence-corrected chi connectivity index (χ4v) is 4.73. The number of fused-ring (bicyclic) bond motifs is 1. The molecule has 3 aromatic rings. The molecule has 1 aliphatic rings. The largest absolute Gasteiger partial charge is 0.306 e. The zero-order valence-electron chi connectivity index (χ0n) is 17.4. The molecule has 0 atom stereocenters. The van der Waals surface area contributed by atoms with Gasteiger partial charge in [0.25, 0.3) is 0 Å². The Kier molecular flexibility index (Phi) is 6.92. The fraction of sp³-hybridized carbons (Fsp3) is 0.500. The molecular formula is C22H25F2N5OS. The normalized spacial score (nSPS) is 19.2. The minimum absolute atomic E-state index is 0.0258. The zero-order chi connectivity index (χ0) is 21.8. The molecule has 4 rings (SSSR count). The highest BCUT2D eigenvalue weighted by Gasteiger charge is 2.27. The molecule has 0 amide bonds. The number of pyridine rings is 2. The monoisotopic (exact) mass is 445 g/mol. The summed E-state index contributed by atoms with van der Waals surface area (Å²) in [5.41, 5.74) is 1.49. The number of carbonyl (C=O) groups excluding carboxylic acids is 1. The van der Waals surface area contributed by atoms with Gasteiger partial charge in [0.1, 0.15) is 29.8 Å². The Morgan fingerprint density at radius 1 is 1.10 bits per heavy atom. The van der Waals surface area contributed by atoms with Crippen LogP contribution in [0, 0.1) is 12.8 Å². The van der Waals surface area contributed by atoms with Crippen LogP contribution in [-0.2, 0) is 11.2 Å². The van der Waals surface area contributed by atoms with Gasteiger partial charge in [0, 0.05) is 41.9 Å². The minimum atomic E-state index is -0.734. The van der Waals surface area contributed by atoms with Crippen molar-refractivity contribution < 1.29 is 13.6 Å². The van der Waals surface area contributed by atoms with E-state index >= 15 is 0 Å². The molecule has 0 bridgehead atoms. The summed E-state index contributed by atoms with van der Waals surface area (Å²) in [6.07, 6.45) is 6.78. The number of alkyl halides is 2. The number of carbonyl (C=O) groups is 1. The standard InChI is InChI=1S/C22H25F2N5OS/c1-13-28-29-22(31-13)20-7-15-6-18(25-11-16(15)12-26-20)8-21(30)14-2-4-17(5-3-14)27-19(9-23)10-24/h6-7,11-12,14,17,19,27H,2-5,8-10H2,1H3. The maximum Gasteiger partial charge on any atom is 0.166 e. The van der Waals surface area contributed by atoms with Crippen LogP contribution in [-0.4, -0.2) is 51.4 Å². The molecule has 6 nitrogen and oxygen atoms in total. The first-order chi connectivity index (χ1) is 15.1. The Hall–Kier alpha value is -2.39. The van der Waals surface area contributed by atoms with Crippen LogP contribution in [0.2, 0.25) is 0 Å². The van der Waals surface area contributed by atoms with Crippen molar-refractivity contribution in [2.75, 3.05) is 13.3 Å². The number of Topliss-reactive ketones (excluding diaryl/α,β-unsaturated/α-hetero) is 1. The van der Waals surface area contributed by atoms with Crippen molar-refractivity contribution in [1.29, 1.82) is 0 Å². The first kappa shape index (κ1) is 21.8. The van der Waals surface area contributed by atoms with Gasteiger partial charge in [-0.2, -0.15) is 0 Å². The van der Waals surface area contributed by atoms with Crippen molar-refractivity contribution in [3.8, 4) is 10.7 Å². The number of hydrogen-bond donors (Lipinski definition) is 1. The SMILES string of the molecule is Cc1nnc(-c2cc3cc(CC(=O)C4CCC(NC(CF)CF)CC4)ncc3cn2)s1. The molecule has 0 aromatic carbocycles. The lowest BCUT2D eigenvalue weighted by Crippen LogP contribution is -2.43. The first-order valence-electron chi connectivity index (χ1n) is 10.5. The summed E-state index contributed by atoms with van der Waals surface area (Å²) in [6, 6.07) is 3.23. The highest BCUT2D eigenvalue weighted by atomic mass is 32.1. The highest BCUT2D eigenvalue weighted by Crippen LogP contribution is 2.28. The molecule has 1 saturated carbocycles. The summed E-state index contributed by atoms with van der Waals surface area (Å²) >= 11 is 1.49. The van der Waals surface area contributed by atoms with E-state index in [-0.39, 0.29) is 24.2 Å². The molecule has 164 valence electrons. The van der Waals surface area contributed by atoms with Gasteiger partial charge in [0.2, 0.25) is 0 Å². The lowest BCUT2D eigenvalue weighted by Gasteiger charge is -2.30. The van der Waals surface area contributed by atoms with Crippen molar-refractivity contribution in [2.45, 2.75) is 51.1 Å². The van der Waals surface area contributed by atoms with Crippen LogP contribution in [0.15, 0.2) is 24.5 Å². The number of halogens is 2. The van der Waals surface area contributed by atoms with E-state index in [1.165, 1.54) is 11.3 Å². The summed E-state index contributed by atoms with van der Waals surface area (Å²) in [5, 5.41) is 14.7. The maximum absolute atomic E-state index is 12.8. The smallest absolute Gasteiger partial charge is 0.166 e. The quantitative estimate of drug-likeness (QED) is 0.564. The second kappa shape index (κ2) is 9.82. The van der Waals surface area contributed by atoms with E-state index in [0.29, 0.717) is 0 Å². The van der Waals surface area contributed by atoms with Crippen LogP contribution in [0.5, 0.6) is 0 Å². The lowest BCUT2D eigenvalue weighted by atomic mass is 9.82. The van der Waals surface area contributed by atoms with Crippen molar-refractivity contribution in [3.63, 3.8) is 0 Å². The Balaban J connectivity index is 1.39. The highest BCUT2D eigenvalue weighted by molar-refractivity contribution is 7.14. The molecule has 0 spiro atoms. The Morgan fingerprint density at radius 3 is 2.52 bits per heavy atom. The molecule has 1 aliphatic carbocycles. The van der Waals surface area contributed by atoms with E-state index in [1.807, 2.05) is 19.1 Å².